The minimum Gasteiger partial charge on any atom is -0.372 e. The Morgan fingerprint density at radius 1 is 1.24 bits per heavy atom. The van der Waals surface area contributed by atoms with Gasteiger partial charge in [-0.3, -0.25) is 0 Å². The minimum absolute atomic E-state index is 0.0651. The number of hydrogen-bond donors (Lipinski definition) is 1. The minimum atomic E-state index is 0.0651. The molecule has 1 atom stereocenters. The Balaban J connectivity index is 1.97. The summed E-state index contributed by atoms with van der Waals surface area (Å²) in [6, 6.07) is 0. The van der Waals surface area contributed by atoms with Crippen molar-refractivity contribution in [1.29, 1.82) is 0 Å². The molecule has 0 saturated heterocycles. The van der Waals surface area contributed by atoms with E-state index in [4.69, 9.17) is 14.7 Å². The third-order valence-electron chi connectivity index (χ3n) is 4.52. The first-order valence-electron chi connectivity index (χ1n) is 8.11. The van der Waals surface area contributed by atoms with Crippen molar-refractivity contribution in [3.8, 4) is 0 Å². The van der Waals surface area contributed by atoms with Crippen molar-refractivity contribution in [2.75, 3.05) is 19.0 Å². The van der Waals surface area contributed by atoms with Gasteiger partial charge in [0.1, 0.15) is 11.9 Å². The fourth-order valence-electron chi connectivity index (χ4n) is 3.25. The lowest BCUT2D eigenvalue weighted by molar-refractivity contribution is 0.0399. The van der Waals surface area contributed by atoms with Crippen LogP contribution in [0.2, 0.25) is 0 Å². The topological polar surface area (TPSA) is 47.0 Å². The molecule has 1 heterocycles. The molecule has 0 amide bonds. The molecule has 0 aromatic carbocycles. The predicted molar refractivity (Wildman–Crippen MR) is 87.6 cm³/mol. The first-order chi connectivity index (χ1) is 10.2. The van der Waals surface area contributed by atoms with Crippen molar-refractivity contribution in [2.45, 2.75) is 57.5 Å². The molecule has 2 aliphatic carbocycles. The van der Waals surface area contributed by atoms with E-state index in [9.17, 15) is 0 Å². The molecule has 4 nitrogen and oxygen atoms in total. The van der Waals surface area contributed by atoms with Gasteiger partial charge in [-0.1, -0.05) is 12.8 Å². The Morgan fingerprint density at radius 3 is 2.52 bits per heavy atom. The second kappa shape index (κ2) is 6.61. The Bertz CT molecular complexity index is 499. The SMILES string of the molecule is CCOC(c1nc(NC)c(Br)c(C2CCCC2)n1)C1CC1. The van der Waals surface area contributed by atoms with Gasteiger partial charge in [0.25, 0.3) is 0 Å². The smallest absolute Gasteiger partial charge is 0.160 e. The van der Waals surface area contributed by atoms with E-state index in [0.29, 0.717) is 18.4 Å². The highest BCUT2D eigenvalue weighted by Gasteiger charge is 2.36. The van der Waals surface area contributed by atoms with Crippen LogP contribution >= 0.6 is 15.9 Å². The number of halogens is 1. The van der Waals surface area contributed by atoms with Crippen molar-refractivity contribution in [1.82, 2.24) is 9.97 Å². The zero-order valence-electron chi connectivity index (χ0n) is 12.9. The number of nitrogens with zero attached hydrogens (tertiary/aromatic N) is 2. The van der Waals surface area contributed by atoms with Gasteiger partial charge in [0.2, 0.25) is 0 Å². The average molecular weight is 354 g/mol. The van der Waals surface area contributed by atoms with Crippen molar-refractivity contribution in [3.05, 3.63) is 16.0 Å². The molecule has 0 spiro atoms. The highest BCUT2D eigenvalue weighted by atomic mass is 79.9. The van der Waals surface area contributed by atoms with Crippen LogP contribution in [0.5, 0.6) is 0 Å². The predicted octanol–water partition coefficient (Wildman–Crippen LogP) is 4.43. The maximum atomic E-state index is 5.94. The molecule has 1 unspecified atom stereocenters. The molecule has 1 aromatic rings. The summed E-state index contributed by atoms with van der Waals surface area (Å²) in [7, 11) is 1.92. The molecular formula is C16H24BrN3O. The maximum absolute atomic E-state index is 5.94. The third kappa shape index (κ3) is 3.24. The Kier molecular flexibility index (Phi) is 4.79. The molecule has 1 aromatic heterocycles. The van der Waals surface area contributed by atoms with Crippen LogP contribution in [0, 0.1) is 5.92 Å². The van der Waals surface area contributed by atoms with Gasteiger partial charge in [0.15, 0.2) is 5.82 Å². The zero-order chi connectivity index (χ0) is 14.8. The quantitative estimate of drug-likeness (QED) is 0.821. The molecule has 3 rings (SSSR count). The van der Waals surface area contributed by atoms with E-state index in [1.165, 1.54) is 44.2 Å². The fraction of sp³-hybridized carbons (Fsp3) is 0.750. The van der Waals surface area contributed by atoms with Gasteiger partial charge in [-0.25, -0.2) is 9.97 Å². The van der Waals surface area contributed by atoms with Crippen LogP contribution in [0.25, 0.3) is 0 Å². The number of anilines is 1. The van der Waals surface area contributed by atoms with Crippen LogP contribution in [0.3, 0.4) is 0 Å². The average Bonchev–Trinajstić information content (AvgIpc) is 3.19. The van der Waals surface area contributed by atoms with Crippen molar-refractivity contribution >= 4 is 21.7 Å². The lowest BCUT2D eigenvalue weighted by Gasteiger charge is -2.20. The number of hydrogen-bond acceptors (Lipinski definition) is 4. The molecule has 0 aliphatic heterocycles. The Hall–Kier alpha value is -0.680. The lowest BCUT2D eigenvalue weighted by atomic mass is 10.0. The van der Waals surface area contributed by atoms with E-state index >= 15 is 0 Å². The summed E-state index contributed by atoms with van der Waals surface area (Å²) in [5, 5.41) is 3.20. The molecule has 5 heteroatoms. The van der Waals surface area contributed by atoms with Gasteiger partial charge in [-0.2, -0.15) is 0 Å². The van der Waals surface area contributed by atoms with Crippen molar-refractivity contribution < 1.29 is 4.74 Å². The fourth-order valence-corrected chi connectivity index (χ4v) is 3.94. The van der Waals surface area contributed by atoms with E-state index in [1.54, 1.807) is 0 Å². The molecule has 21 heavy (non-hydrogen) atoms. The summed E-state index contributed by atoms with van der Waals surface area (Å²) in [4.78, 5) is 9.63. The number of rotatable bonds is 6. The number of nitrogens with one attached hydrogen (secondary N) is 1. The van der Waals surface area contributed by atoms with E-state index in [0.717, 1.165) is 16.1 Å². The monoisotopic (exact) mass is 353 g/mol. The molecule has 2 aliphatic rings. The molecule has 2 fully saturated rings. The van der Waals surface area contributed by atoms with Gasteiger partial charge >= 0.3 is 0 Å². The van der Waals surface area contributed by atoms with E-state index in [-0.39, 0.29) is 6.10 Å². The van der Waals surface area contributed by atoms with Gasteiger partial charge in [-0.15, -0.1) is 0 Å². The molecule has 2 saturated carbocycles. The summed E-state index contributed by atoms with van der Waals surface area (Å²) >= 11 is 3.70. The Labute approximate surface area is 135 Å². The van der Waals surface area contributed by atoms with Crippen LogP contribution in [-0.2, 0) is 4.74 Å². The largest absolute Gasteiger partial charge is 0.372 e. The highest BCUT2D eigenvalue weighted by molar-refractivity contribution is 9.10. The molecule has 0 bridgehead atoms. The van der Waals surface area contributed by atoms with Crippen LogP contribution in [0.4, 0.5) is 5.82 Å². The van der Waals surface area contributed by atoms with Crippen molar-refractivity contribution in [2.24, 2.45) is 5.92 Å². The van der Waals surface area contributed by atoms with E-state index in [2.05, 4.69) is 21.2 Å². The number of ether oxygens (including phenoxy) is 1. The van der Waals surface area contributed by atoms with E-state index < -0.39 is 0 Å². The third-order valence-corrected chi connectivity index (χ3v) is 5.31. The Morgan fingerprint density at radius 2 is 1.95 bits per heavy atom. The lowest BCUT2D eigenvalue weighted by Crippen LogP contribution is -2.15. The van der Waals surface area contributed by atoms with Crippen LogP contribution in [0.15, 0.2) is 4.47 Å². The van der Waals surface area contributed by atoms with Crippen LogP contribution in [-0.4, -0.2) is 23.6 Å². The van der Waals surface area contributed by atoms with Gasteiger partial charge < -0.3 is 10.1 Å². The summed E-state index contributed by atoms with van der Waals surface area (Å²) < 4.78 is 6.97. The molecule has 116 valence electrons. The normalized spacial score (nSPS) is 20.7. The summed E-state index contributed by atoms with van der Waals surface area (Å²) in [6.07, 6.45) is 7.62. The van der Waals surface area contributed by atoms with Crippen LogP contribution < -0.4 is 5.32 Å². The molecular weight excluding hydrogens is 330 g/mol. The van der Waals surface area contributed by atoms with Crippen LogP contribution in [0.1, 0.15) is 69.0 Å². The summed E-state index contributed by atoms with van der Waals surface area (Å²) in [6.45, 7) is 2.76. The number of aromatic nitrogens is 2. The van der Waals surface area contributed by atoms with Gasteiger partial charge in [0, 0.05) is 19.6 Å². The summed E-state index contributed by atoms with van der Waals surface area (Å²) in [5.41, 5.74) is 1.17. The van der Waals surface area contributed by atoms with Crippen molar-refractivity contribution in [3.63, 3.8) is 0 Å². The highest BCUT2D eigenvalue weighted by Crippen LogP contribution is 2.44. The standard InChI is InChI=1S/C16H24BrN3O/c1-3-21-14(11-8-9-11)16-19-13(10-6-4-5-7-10)12(17)15(18-2)20-16/h10-11,14H,3-9H2,1-2H3,(H,18,19,20). The first kappa shape index (κ1) is 15.2. The maximum Gasteiger partial charge on any atom is 0.160 e. The van der Waals surface area contributed by atoms with E-state index in [1.807, 2.05) is 14.0 Å². The zero-order valence-corrected chi connectivity index (χ0v) is 14.4. The molecule has 0 radical (unpaired) electrons. The van der Waals surface area contributed by atoms with Gasteiger partial charge in [0.05, 0.1) is 10.2 Å². The second-order valence-electron chi connectivity index (χ2n) is 6.07. The second-order valence-corrected chi connectivity index (χ2v) is 6.87. The summed E-state index contributed by atoms with van der Waals surface area (Å²) in [5.74, 6) is 2.93. The first-order valence-corrected chi connectivity index (χ1v) is 8.90. The molecule has 1 N–H and O–H groups in total. The van der Waals surface area contributed by atoms with Gasteiger partial charge in [-0.05, 0) is 54.5 Å².